The minimum Gasteiger partial charge on any atom is -0.478 e. The van der Waals surface area contributed by atoms with Crippen LogP contribution in [0.4, 0.5) is 23.1 Å². The van der Waals surface area contributed by atoms with Crippen molar-refractivity contribution in [1.29, 1.82) is 0 Å². The van der Waals surface area contributed by atoms with E-state index in [2.05, 4.69) is 46.5 Å². The van der Waals surface area contributed by atoms with E-state index in [1.54, 1.807) is 44.3 Å². The Bertz CT molecular complexity index is 1990. The predicted molar refractivity (Wildman–Crippen MR) is 199 cm³/mol. The van der Waals surface area contributed by atoms with Crippen molar-refractivity contribution in [3.8, 4) is 0 Å². The second-order valence-electron chi connectivity index (χ2n) is 12.8. The van der Waals surface area contributed by atoms with E-state index in [1.807, 2.05) is 6.92 Å². The Morgan fingerprint density at radius 2 is 1.53 bits per heavy atom. The first-order valence-corrected chi connectivity index (χ1v) is 16.8. The maximum Gasteiger partial charge on any atom is 0.336 e. The molecule has 0 aliphatic rings. The molecular weight excluding hydrogens is 684 g/mol. The number of rotatable bonds is 16. The highest BCUT2D eigenvalue weighted by Crippen LogP contribution is 2.18. The summed E-state index contributed by atoms with van der Waals surface area (Å²) in [4.78, 5) is 79.2. The van der Waals surface area contributed by atoms with Crippen LogP contribution >= 0.6 is 0 Å². The molecule has 0 spiro atoms. The van der Waals surface area contributed by atoms with Gasteiger partial charge in [0.15, 0.2) is 17.0 Å². The molecule has 3 atom stereocenters. The van der Waals surface area contributed by atoms with Gasteiger partial charge in [-0.25, -0.2) is 14.8 Å². The van der Waals surface area contributed by atoms with Gasteiger partial charge in [0.05, 0.1) is 35.6 Å². The number of benzene rings is 2. The fourth-order valence-corrected chi connectivity index (χ4v) is 5.01. The molecule has 0 bridgehead atoms. The van der Waals surface area contributed by atoms with Crippen LogP contribution in [0.15, 0.2) is 48.7 Å². The Kier molecular flexibility index (Phi) is 13.1. The minimum absolute atomic E-state index is 0.0171. The highest BCUT2D eigenvalue weighted by atomic mass is 16.4. The monoisotopic (exact) mass is 728 g/mol. The summed E-state index contributed by atoms with van der Waals surface area (Å²) in [5.41, 5.74) is 19.6. The van der Waals surface area contributed by atoms with Crippen LogP contribution in [-0.4, -0.2) is 79.3 Å². The van der Waals surface area contributed by atoms with E-state index in [0.29, 0.717) is 41.8 Å². The van der Waals surface area contributed by atoms with Crippen LogP contribution in [0, 0.1) is 5.92 Å². The number of carbonyl (C=O) groups is 5. The van der Waals surface area contributed by atoms with Gasteiger partial charge in [-0.05, 0) is 75.1 Å². The number of carboxylic acid groups (broad SMARTS) is 1. The number of anilines is 4. The van der Waals surface area contributed by atoms with E-state index >= 15 is 0 Å². The van der Waals surface area contributed by atoms with Gasteiger partial charge in [-0.15, -0.1) is 0 Å². The topological polar surface area (TPSA) is 295 Å². The number of nitrogens with one attached hydrogen (secondary N) is 5. The number of fused-ring (bicyclic) bond motifs is 1. The van der Waals surface area contributed by atoms with Crippen molar-refractivity contribution in [2.75, 3.05) is 28.6 Å². The summed E-state index contributed by atoms with van der Waals surface area (Å²) in [5, 5.41) is 23.6. The number of hydrogen-bond acceptors (Lipinski definition) is 13. The zero-order chi connectivity index (χ0) is 38.8. The molecule has 0 fully saturated rings. The zero-order valence-electron chi connectivity index (χ0n) is 29.8. The molecule has 2 aromatic carbocycles. The van der Waals surface area contributed by atoms with Gasteiger partial charge < -0.3 is 48.9 Å². The Morgan fingerprint density at radius 3 is 2.21 bits per heavy atom. The number of nitrogens with two attached hydrogens (primary N) is 3. The summed E-state index contributed by atoms with van der Waals surface area (Å²) in [5.74, 6) is -3.27. The van der Waals surface area contributed by atoms with Gasteiger partial charge in [-0.2, -0.15) is 9.97 Å². The lowest BCUT2D eigenvalue weighted by Gasteiger charge is -2.19. The number of hydrogen-bond donors (Lipinski definition) is 9. The lowest BCUT2D eigenvalue weighted by atomic mass is 10.0. The highest BCUT2D eigenvalue weighted by molar-refractivity contribution is 6.06. The van der Waals surface area contributed by atoms with E-state index in [1.165, 1.54) is 25.1 Å². The van der Waals surface area contributed by atoms with Crippen LogP contribution in [0.2, 0.25) is 0 Å². The molecular formula is C35H44N12O6. The SMILES string of the molecule is CC(C)[C@H](N)C(=O)N[C@@H](C)C(=O)Nc1ccc(C(=O)O)c(C(=O)NCCC[C@@H](C)NC(=O)c2ccc(NCc3cnc4nc(N)nc(N)c4n3)cc2)c1. The first-order valence-electron chi connectivity index (χ1n) is 16.8. The summed E-state index contributed by atoms with van der Waals surface area (Å²) in [7, 11) is 0. The van der Waals surface area contributed by atoms with Crippen LogP contribution in [-0.2, 0) is 16.1 Å². The van der Waals surface area contributed by atoms with E-state index in [0.717, 1.165) is 5.69 Å². The standard InChI is InChI=1S/C35H44N12O6/c1-17(2)26(36)33(51)43-19(4)30(48)45-22-11-12-24(34(52)53)25(14-22)32(50)39-13-5-6-18(3)42-31(49)20-7-9-21(10-8-20)40-15-23-16-41-29-27(44-23)28(37)46-35(38)47-29/h7-12,14,16-19,26,40H,5-6,13,15,36H2,1-4H3,(H,39,50)(H,42,49)(H,43,51)(H,45,48)(H,52,53)(H4,37,38,41,46,47)/t18-,19+,26+/m1/s1. The molecule has 0 unspecified atom stereocenters. The van der Waals surface area contributed by atoms with Crippen molar-refractivity contribution in [1.82, 2.24) is 35.9 Å². The number of aromatic nitrogens is 4. The van der Waals surface area contributed by atoms with E-state index < -0.39 is 35.8 Å². The average molecular weight is 729 g/mol. The molecule has 18 heteroatoms. The first-order chi connectivity index (χ1) is 25.1. The molecule has 0 radical (unpaired) electrons. The third-order valence-electron chi connectivity index (χ3n) is 8.13. The average Bonchev–Trinajstić information content (AvgIpc) is 3.12. The number of aromatic carboxylic acids is 1. The molecule has 0 saturated heterocycles. The fourth-order valence-electron chi connectivity index (χ4n) is 5.01. The van der Waals surface area contributed by atoms with Crippen LogP contribution in [0.5, 0.6) is 0 Å². The Morgan fingerprint density at radius 1 is 0.830 bits per heavy atom. The van der Waals surface area contributed by atoms with Crippen molar-refractivity contribution in [2.24, 2.45) is 11.7 Å². The third kappa shape index (κ3) is 10.8. The first kappa shape index (κ1) is 39.4. The molecule has 18 nitrogen and oxygen atoms in total. The maximum atomic E-state index is 13.0. The van der Waals surface area contributed by atoms with Crippen LogP contribution < -0.4 is 43.8 Å². The quantitative estimate of drug-likeness (QED) is 0.0742. The zero-order valence-corrected chi connectivity index (χ0v) is 29.8. The number of nitrogen functional groups attached to an aromatic ring is 2. The van der Waals surface area contributed by atoms with Gasteiger partial charge in [-0.3, -0.25) is 19.2 Å². The molecule has 4 aromatic rings. The molecule has 53 heavy (non-hydrogen) atoms. The maximum absolute atomic E-state index is 13.0. The number of carboxylic acids is 1. The predicted octanol–water partition coefficient (Wildman–Crippen LogP) is 1.65. The molecule has 4 rings (SSSR count). The van der Waals surface area contributed by atoms with Gasteiger partial charge in [0, 0.05) is 29.5 Å². The lowest BCUT2D eigenvalue weighted by molar-refractivity contribution is -0.127. The number of nitrogens with zero attached hydrogens (tertiary/aromatic N) is 4. The Labute approximate surface area is 305 Å². The second-order valence-corrected chi connectivity index (χ2v) is 12.8. The van der Waals surface area contributed by atoms with E-state index in [4.69, 9.17) is 17.2 Å². The summed E-state index contributed by atoms with van der Waals surface area (Å²) >= 11 is 0. The van der Waals surface area contributed by atoms with Crippen molar-refractivity contribution in [2.45, 2.75) is 65.2 Å². The minimum atomic E-state index is -1.32. The van der Waals surface area contributed by atoms with Crippen molar-refractivity contribution in [3.63, 3.8) is 0 Å². The largest absolute Gasteiger partial charge is 0.478 e. The van der Waals surface area contributed by atoms with Gasteiger partial charge in [0.1, 0.15) is 6.04 Å². The Balaban J connectivity index is 1.23. The highest BCUT2D eigenvalue weighted by Gasteiger charge is 2.23. The molecule has 280 valence electrons. The van der Waals surface area contributed by atoms with Gasteiger partial charge in [0.2, 0.25) is 17.8 Å². The van der Waals surface area contributed by atoms with Crippen molar-refractivity contribution in [3.05, 3.63) is 71.0 Å². The summed E-state index contributed by atoms with van der Waals surface area (Å²) in [6, 6.07) is 8.74. The fraction of sp³-hybridized carbons (Fsp3) is 0.343. The molecule has 2 aromatic heterocycles. The lowest BCUT2D eigenvalue weighted by Crippen LogP contribution is -2.50. The Hall–Kier alpha value is -6.43. The van der Waals surface area contributed by atoms with Gasteiger partial charge >= 0.3 is 5.97 Å². The smallest absolute Gasteiger partial charge is 0.336 e. The number of amides is 4. The third-order valence-corrected chi connectivity index (χ3v) is 8.13. The molecule has 4 amide bonds. The summed E-state index contributed by atoms with van der Waals surface area (Å²) in [6.45, 7) is 7.41. The van der Waals surface area contributed by atoms with E-state index in [9.17, 15) is 29.1 Å². The molecule has 0 aliphatic carbocycles. The molecule has 0 aliphatic heterocycles. The molecule has 2 heterocycles. The molecule has 0 saturated carbocycles. The van der Waals surface area contributed by atoms with Crippen LogP contribution in [0.3, 0.4) is 0 Å². The van der Waals surface area contributed by atoms with Crippen LogP contribution in [0.1, 0.15) is 77.3 Å². The van der Waals surface area contributed by atoms with E-state index in [-0.39, 0.29) is 53.0 Å². The van der Waals surface area contributed by atoms with Crippen molar-refractivity contribution < 1.29 is 29.1 Å². The molecule has 12 N–H and O–H groups in total. The second kappa shape index (κ2) is 17.7. The van der Waals surface area contributed by atoms with Crippen LogP contribution in [0.25, 0.3) is 11.2 Å². The van der Waals surface area contributed by atoms with Crippen molar-refractivity contribution >= 4 is 63.9 Å². The number of carbonyl (C=O) groups excluding carboxylic acids is 4. The summed E-state index contributed by atoms with van der Waals surface area (Å²) < 4.78 is 0. The normalized spacial score (nSPS) is 12.7. The van der Waals surface area contributed by atoms with Gasteiger partial charge in [-0.1, -0.05) is 13.8 Å². The summed E-state index contributed by atoms with van der Waals surface area (Å²) in [6.07, 6.45) is 2.56. The van der Waals surface area contributed by atoms with Gasteiger partial charge in [0.25, 0.3) is 11.8 Å².